The van der Waals surface area contributed by atoms with Crippen LogP contribution in [0.5, 0.6) is 0 Å². The van der Waals surface area contributed by atoms with E-state index in [0.717, 1.165) is 12.8 Å². The van der Waals surface area contributed by atoms with Crippen LogP contribution in [0.4, 0.5) is 13.2 Å². The van der Waals surface area contributed by atoms with Crippen molar-refractivity contribution in [1.82, 2.24) is 0 Å². The van der Waals surface area contributed by atoms with Crippen molar-refractivity contribution in [3.63, 3.8) is 0 Å². The highest BCUT2D eigenvalue weighted by Gasteiger charge is 2.68. The lowest BCUT2D eigenvalue weighted by Gasteiger charge is -2.66. The molecule has 98 valence electrons. The minimum Gasteiger partial charge on any atom is -0.452 e. The fourth-order valence-corrected chi connectivity index (χ4v) is 3.58. The first-order chi connectivity index (χ1) is 7.61. The van der Waals surface area contributed by atoms with Crippen molar-refractivity contribution in [3.05, 3.63) is 0 Å². The summed E-state index contributed by atoms with van der Waals surface area (Å²) in [5.74, 6) is -1.67. The van der Waals surface area contributed by atoms with E-state index in [1.54, 1.807) is 0 Å². The maximum absolute atomic E-state index is 12.3. The molecule has 0 spiro atoms. The second-order valence-electron chi connectivity index (χ2n) is 5.88. The third-order valence-electron chi connectivity index (χ3n) is 4.91. The van der Waals surface area contributed by atoms with Crippen LogP contribution < -0.4 is 0 Å². The average Bonchev–Trinajstić information content (AvgIpc) is 2.18. The molecule has 0 radical (unpaired) electrons. The number of rotatable bonds is 1. The number of halogens is 3. The van der Waals surface area contributed by atoms with Crippen LogP contribution in [-0.4, -0.2) is 17.7 Å². The van der Waals surface area contributed by atoms with Crippen LogP contribution in [0.3, 0.4) is 0 Å². The number of hydrogen-bond acceptors (Lipinski definition) is 2. The van der Waals surface area contributed by atoms with Crippen LogP contribution in [0.2, 0.25) is 0 Å². The lowest BCUT2D eigenvalue weighted by atomic mass is 9.42. The van der Waals surface area contributed by atoms with Crippen LogP contribution in [0.15, 0.2) is 0 Å². The minimum atomic E-state index is -4.90. The Morgan fingerprint density at radius 1 is 1.29 bits per heavy atom. The van der Waals surface area contributed by atoms with Gasteiger partial charge in [-0.2, -0.15) is 13.2 Å². The van der Waals surface area contributed by atoms with Gasteiger partial charge in [0.05, 0.1) is 0 Å². The Balaban J connectivity index is 2.21. The molecule has 0 aromatic rings. The quantitative estimate of drug-likeness (QED) is 0.667. The number of fused-ring (bicyclic) bond motifs is 2. The van der Waals surface area contributed by atoms with Gasteiger partial charge in [-0.15, -0.1) is 0 Å². The Morgan fingerprint density at radius 3 is 2.29 bits per heavy atom. The fourth-order valence-electron chi connectivity index (χ4n) is 3.58. The van der Waals surface area contributed by atoms with E-state index in [0.29, 0.717) is 12.3 Å². The Morgan fingerprint density at radius 2 is 1.88 bits per heavy atom. The summed E-state index contributed by atoms with van der Waals surface area (Å²) >= 11 is 0. The van der Waals surface area contributed by atoms with E-state index in [9.17, 15) is 18.0 Å². The van der Waals surface area contributed by atoms with Crippen molar-refractivity contribution in [2.24, 2.45) is 17.3 Å². The summed E-state index contributed by atoms with van der Waals surface area (Å²) in [7, 11) is 0. The zero-order valence-electron chi connectivity index (χ0n) is 10.2. The molecule has 2 bridgehead atoms. The maximum atomic E-state index is 12.3. The van der Waals surface area contributed by atoms with Crippen LogP contribution >= 0.6 is 0 Å². The Labute approximate surface area is 98.5 Å². The normalized spacial score (nSPS) is 39.4. The molecule has 3 saturated carbocycles. The van der Waals surface area contributed by atoms with Crippen LogP contribution in [-0.2, 0) is 9.53 Å². The lowest BCUT2D eigenvalue weighted by Crippen LogP contribution is -2.69. The first-order valence-electron chi connectivity index (χ1n) is 5.91. The van der Waals surface area contributed by atoms with Crippen molar-refractivity contribution in [2.75, 3.05) is 0 Å². The topological polar surface area (TPSA) is 26.3 Å². The molecule has 0 amide bonds. The number of esters is 1. The lowest BCUT2D eigenvalue weighted by molar-refractivity contribution is -0.286. The van der Waals surface area contributed by atoms with Gasteiger partial charge in [0.25, 0.3) is 0 Å². The molecule has 17 heavy (non-hydrogen) atoms. The van der Waals surface area contributed by atoms with Gasteiger partial charge in [0, 0.05) is 5.41 Å². The number of ether oxygens (including phenoxy) is 1. The summed E-state index contributed by atoms with van der Waals surface area (Å²) in [6.07, 6.45) is -2.48. The van der Waals surface area contributed by atoms with Crippen molar-refractivity contribution >= 4 is 5.97 Å². The predicted octanol–water partition coefficient (Wildman–Crippen LogP) is 3.31. The molecule has 3 atom stereocenters. The standard InChI is InChI=1S/C12H17F3O2/c1-7-4-5-8-6-11(7,10(8,2)3)17-9(16)12(13,14)15/h7-8H,4-6H2,1-3H3. The van der Waals surface area contributed by atoms with E-state index >= 15 is 0 Å². The summed E-state index contributed by atoms with van der Waals surface area (Å²) in [6.45, 7) is 5.68. The summed E-state index contributed by atoms with van der Waals surface area (Å²) in [4.78, 5) is 11.0. The fraction of sp³-hybridized carbons (Fsp3) is 0.917. The molecule has 0 aliphatic heterocycles. The van der Waals surface area contributed by atoms with Crippen molar-refractivity contribution in [1.29, 1.82) is 0 Å². The Kier molecular flexibility index (Phi) is 2.53. The van der Waals surface area contributed by atoms with Gasteiger partial charge < -0.3 is 4.74 Å². The number of alkyl halides is 3. The van der Waals surface area contributed by atoms with E-state index < -0.39 is 17.7 Å². The van der Waals surface area contributed by atoms with Gasteiger partial charge in [0.2, 0.25) is 0 Å². The number of hydrogen-bond donors (Lipinski definition) is 0. The summed E-state index contributed by atoms with van der Waals surface area (Å²) in [5, 5.41) is 0. The van der Waals surface area contributed by atoms with E-state index in [1.165, 1.54) is 0 Å². The van der Waals surface area contributed by atoms with Gasteiger partial charge >= 0.3 is 12.1 Å². The molecule has 3 unspecified atom stereocenters. The van der Waals surface area contributed by atoms with E-state index in [-0.39, 0.29) is 11.3 Å². The van der Waals surface area contributed by atoms with Crippen LogP contribution in [0.25, 0.3) is 0 Å². The summed E-state index contributed by atoms with van der Waals surface area (Å²) in [5.41, 5.74) is -1.26. The molecular weight excluding hydrogens is 233 g/mol. The molecule has 0 N–H and O–H groups in total. The van der Waals surface area contributed by atoms with E-state index in [2.05, 4.69) is 0 Å². The van der Waals surface area contributed by atoms with Gasteiger partial charge in [-0.05, 0) is 31.1 Å². The third kappa shape index (κ3) is 1.58. The smallest absolute Gasteiger partial charge is 0.452 e. The van der Waals surface area contributed by atoms with Gasteiger partial charge in [-0.3, -0.25) is 0 Å². The SMILES string of the molecule is CC1CCC2CC1(OC(=O)C(F)(F)F)C2(C)C. The maximum Gasteiger partial charge on any atom is 0.490 e. The molecular formula is C12H17F3O2. The van der Waals surface area contributed by atoms with Crippen LogP contribution in [0, 0.1) is 17.3 Å². The van der Waals surface area contributed by atoms with Crippen molar-refractivity contribution in [2.45, 2.75) is 51.8 Å². The molecule has 0 aromatic carbocycles. The van der Waals surface area contributed by atoms with Crippen molar-refractivity contribution in [3.8, 4) is 0 Å². The van der Waals surface area contributed by atoms with Crippen LogP contribution in [0.1, 0.15) is 40.0 Å². The predicted molar refractivity (Wildman–Crippen MR) is 55.2 cm³/mol. The Bertz CT molecular complexity index is 348. The molecule has 2 nitrogen and oxygen atoms in total. The zero-order chi connectivity index (χ0) is 13.1. The third-order valence-corrected chi connectivity index (χ3v) is 4.91. The van der Waals surface area contributed by atoms with Gasteiger partial charge in [-0.1, -0.05) is 20.8 Å². The first kappa shape index (κ1) is 12.7. The highest BCUT2D eigenvalue weighted by atomic mass is 19.4. The molecule has 5 heteroatoms. The summed E-state index contributed by atoms with van der Waals surface area (Å²) in [6, 6.07) is 0. The molecule has 0 aromatic heterocycles. The summed E-state index contributed by atoms with van der Waals surface area (Å²) < 4.78 is 41.8. The second kappa shape index (κ2) is 3.39. The van der Waals surface area contributed by atoms with E-state index in [4.69, 9.17) is 4.74 Å². The van der Waals surface area contributed by atoms with Gasteiger partial charge in [0.15, 0.2) is 0 Å². The highest BCUT2D eigenvalue weighted by molar-refractivity contribution is 5.76. The van der Waals surface area contributed by atoms with Gasteiger partial charge in [-0.25, -0.2) is 4.79 Å². The second-order valence-corrected chi connectivity index (χ2v) is 5.88. The number of carbonyl (C=O) groups excluding carboxylic acids is 1. The molecule has 3 aliphatic carbocycles. The molecule has 3 fully saturated rings. The first-order valence-corrected chi connectivity index (χ1v) is 5.91. The number of carbonyl (C=O) groups is 1. The molecule has 3 rings (SSSR count). The minimum absolute atomic E-state index is 0.00574. The van der Waals surface area contributed by atoms with Gasteiger partial charge in [0.1, 0.15) is 5.60 Å². The zero-order valence-corrected chi connectivity index (χ0v) is 10.2. The molecule has 0 heterocycles. The monoisotopic (exact) mass is 250 g/mol. The Hall–Kier alpha value is -0.740. The molecule has 0 saturated heterocycles. The van der Waals surface area contributed by atoms with E-state index in [1.807, 2.05) is 20.8 Å². The molecule has 3 aliphatic rings. The largest absolute Gasteiger partial charge is 0.490 e. The van der Waals surface area contributed by atoms with Crippen molar-refractivity contribution < 1.29 is 22.7 Å². The highest BCUT2D eigenvalue weighted by Crippen LogP contribution is 2.66. The average molecular weight is 250 g/mol.